The molecule has 1 aromatic heterocycles. The molecule has 0 bridgehead atoms. The van der Waals surface area contributed by atoms with Crippen molar-refractivity contribution in [1.29, 1.82) is 0 Å². The molecule has 2 atom stereocenters. The van der Waals surface area contributed by atoms with Crippen LogP contribution in [0.1, 0.15) is 90.2 Å². The number of amides is 2. The molecule has 13 nitrogen and oxygen atoms in total. The molecule has 6 rings (SSSR count). The molecule has 2 amide bonds. The Balaban J connectivity index is 1.20. The normalized spacial score (nSPS) is 14.2. The van der Waals surface area contributed by atoms with Gasteiger partial charge >= 0.3 is 0 Å². The van der Waals surface area contributed by atoms with Gasteiger partial charge in [0.05, 0.1) is 18.8 Å². The van der Waals surface area contributed by atoms with Gasteiger partial charge in [0.25, 0.3) is 5.91 Å². The molecule has 8 N–H and O–H groups in total. The number of aliphatic imine (C=N–C) groups is 1. The number of hydrogen-bond acceptors (Lipinski definition) is 8. The van der Waals surface area contributed by atoms with E-state index in [-0.39, 0.29) is 24.5 Å². The molecule has 326 valence electrons. The van der Waals surface area contributed by atoms with Gasteiger partial charge in [-0.05, 0) is 97.0 Å². The van der Waals surface area contributed by atoms with Crippen molar-refractivity contribution in [3.8, 4) is 22.6 Å². The molecule has 1 aliphatic rings. The van der Waals surface area contributed by atoms with Crippen molar-refractivity contribution in [1.82, 2.24) is 25.6 Å². The number of nitrogens with two attached hydrogens (primary N) is 3. The molecule has 4 aromatic carbocycles. The number of aromatic nitrogens is 3. The van der Waals surface area contributed by atoms with Crippen molar-refractivity contribution in [2.24, 2.45) is 34.0 Å². The zero-order valence-electron chi connectivity index (χ0n) is 36.0. The first kappa shape index (κ1) is 44.9. The van der Waals surface area contributed by atoms with Gasteiger partial charge in [0, 0.05) is 29.9 Å². The van der Waals surface area contributed by atoms with Crippen LogP contribution >= 0.6 is 0 Å². The third kappa shape index (κ3) is 13.1. The highest BCUT2D eigenvalue weighted by Crippen LogP contribution is 2.45. The fraction of sp³-hybridized carbons (Fsp3) is 0.479. The van der Waals surface area contributed by atoms with E-state index in [1.165, 1.54) is 32.1 Å². The maximum atomic E-state index is 14.1. The summed E-state index contributed by atoms with van der Waals surface area (Å²) in [5, 5.41) is 19.2. The average molecular weight is 832 g/mol. The second-order valence-corrected chi connectivity index (χ2v) is 16.8. The highest BCUT2D eigenvalue weighted by atomic mass is 16.5. The van der Waals surface area contributed by atoms with Gasteiger partial charge in [0.2, 0.25) is 5.91 Å². The van der Waals surface area contributed by atoms with Crippen LogP contribution in [0.5, 0.6) is 11.5 Å². The van der Waals surface area contributed by atoms with Gasteiger partial charge in [0.1, 0.15) is 17.5 Å². The number of fused-ring (bicyclic) bond motifs is 2. The molecule has 1 saturated carbocycles. The van der Waals surface area contributed by atoms with E-state index < -0.39 is 11.9 Å². The SMILES string of the molecule is CC(C)CCOc1ccc2ccccc2c1-c1c(OCC(=O)N[C@H](CCCCN)C(=O)N[C@H](CCCN=C(N)N)Cn2cc(CC3CCCCC3)nn2)ccc2ccccc12. The minimum absolute atomic E-state index is 0.0254. The van der Waals surface area contributed by atoms with E-state index in [2.05, 4.69) is 70.1 Å². The Morgan fingerprint density at radius 2 is 1.49 bits per heavy atom. The number of unbranched alkanes of at least 4 members (excludes halogenated alkanes) is 1. The Labute approximate surface area is 360 Å². The lowest BCUT2D eigenvalue weighted by Crippen LogP contribution is -2.51. The lowest BCUT2D eigenvalue weighted by atomic mass is 9.86. The van der Waals surface area contributed by atoms with Crippen molar-refractivity contribution in [3.63, 3.8) is 0 Å². The average Bonchev–Trinajstić information content (AvgIpc) is 3.70. The van der Waals surface area contributed by atoms with Gasteiger partial charge in [-0.25, -0.2) is 0 Å². The van der Waals surface area contributed by atoms with Gasteiger partial charge in [-0.3, -0.25) is 19.3 Å². The van der Waals surface area contributed by atoms with E-state index in [0.717, 1.165) is 57.0 Å². The van der Waals surface area contributed by atoms with E-state index in [9.17, 15) is 9.59 Å². The highest BCUT2D eigenvalue weighted by Gasteiger charge is 2.26. The monoisotopic (exact) mass is 832 g/mol. The van der Waals surface area contributed by atoms with Gasteiger partial charge in [-0.2, -0.15) is 0 Å². The molecule has 5 aromatic rings. The zero-order valence-corrected chi connectivity index (χ0v) is 36.0. The molecule has 61 heavy (non-hydrogen) atoms. The van der Waals surface area contributed by atoms with E-state index >= 15 is 0 Å². The molecule has 1 fully saturated rings. The number of carbonyl (C=O) groups is 2. The van der Waals surface area contributed by atoms with Crippen molar-refractivity contribution in [2.45, 2.75) is 110 Å². The number of guanidine groups is 1. The van der Waals surface area contributed by atoms with Gasteiger partial charge in [-0.15, -0.1) is 5.10 Å². The molecular formula is C48H65N9O4. The van der Waals surface area contributed by atoms with Crippen LogP contribution < -0.4 is 37.3 Å². The van der Waals surface area contributed by atoms with E-state index in [1.54, 1.807) is 4.68 Å². The van der Waals surface area contributed by atoms with Crippen LogP contribution in [0.25, 0.3) is 32.7 Å². The Morgan fingerprint density at radius 3 is 2.15 bits per heavy atom. The fourth-order valence-electron chi connectivity index (χ4n) is 8.30. The summed E-state index contributed by atoms with van der Waals surface area (Å²) in [5.74, 6) is 1.74. The van der Waals surface area contributed by atoms with Crippen molar-refractivity contribution >= 4 is 39.3 Å². The number of ether oxygens (including phenoxy) is 2. The summed E-state index contributed by atoms with van der Waals surface area (Å²) < 4.78 is 14.7. The molecule has 0 saturated heterocycles. The standard InChI is InChI=1S/C48H65N9O4/c1-33(2)25-28-60-42-23-21-35-15-6-8-18-39(35)45(42)46-40-19-9-7-16-36(40)22-24-43(46)61-32-44(58)54-41(20-10-11-26-49)47(59)53-37(17-12-27-52-48(50)51)30-57-31-38(55-56-57)29-34-13-4-3-5-14-34/h6-9,15-16,18-19,21-24,31,33-34,37,41H,3-5,10-14,17,20,25-30,32,49H2,1-2H3,(H,53,59)(H,54,58)(H4,50,51,52)/t37-,41-/m1/s1. The lowest BCUT2D eigenvalue weighted by Gasteiger charge is -2.24. The first-order valence-corrected chi connectivity index (χ1v) is 22.2. The highest BCUT2D eigenvalue weighted by molar-refractivity contribution is 6.09. The molecule has 0 unspecified atom stereocenters. The van der Waals surface area contributed by atoms with E-state index in [4.69, 9.17) is 26.7 Å². The molecule has 1 heterocycles. The minimum Gasteiger partial charge on any atom is -0.493 e. The summed E-state index contributed by atoms with van der Waals surface area (Å²) in [6.45, 7) is 5.95. The number of hydrogen-bond donors (Lipinski definition) is 5. The van der Waals surface area contributed by atoms with Crippen LogP contribution in [-0.2, 0) is 22.6 Å². The van der Waals surface area contributed by atoms with Gasteiger partial charge in [0.15, 0.2) is 12.6 Å². The molecular weight excluding hydrogens is 767 g/mol. The number of rotatable bonds is 23. The molecule has 13 heteroatoms. The second-order valence-electron chi connectivity index (χ2n) is 16.8. The Bertz CT molecular complexity index is 2210. The van der Waals surface area contributed by atoms with Gasteiger partial charge in [-0.1, -0.05) is 112 Å². The number of benzene rings is 4. The second kappa shape index (κ2) is 22.8. The van der Waals surface area contributed by atoms with Crippen molar-refractivity contribution in [2.75, 3.05) is 26.3 Å². The third-order valence-electron chi connectivity index (χ3n) is 11.5. The summed E-state index contributed by atoms with van der Waals surface area (Å²) in [6.07, 6.45) is 13.1. The lowest BCUT2D eigenvalue weighted by molar-refractivity contribution is -0.130. The quantitative estimate of drug-likeness (QED) is 0.0261. The Morgan fingerprint density at radius 1 is 0.820 bits per heavy atom. The van der Waals surface area contributed by atoms with Crippen LogP contribution in [0.4, 0.5) is 0 Å². The summed E-state index contributed by atoms with van der Waals surface area (Å²) in [5.41, 5.74) is 19.7. The van der Waals surface area contributed by atoms with Crippen LogP contribution in [0, 0.1) is 11.8 Å². The Hall–Kier alpha value is -5.69. The molecule has 0 radical (unpaired) electrons. The van der Waals surface area contributed by atoms with Crippen molar-refractivity contribution in [3.05, 3.63) is 84.7 Å². The first-order valence-electron chi connectivity index (χ1n) is 22.2. The van der Waals surface area contributed by atoms with E-state index in [0.29, 0.717) is 75.9 Å². The summed E-state index contributed by atoms with van der Waals surface area (Å²) >= 11 is 0. The predicted molar refractivity (Wildman–Crippen MR) is 244 cm³/mol. The maximum Gasteiger partial charge on any atom is 0.258 e. The topological polar surface area (TPSA) is 198 Å². The largest absolute Gasteiger partial charge is 0.493 e. The molecule has 0 aliphatic heterocycles. The fourth-order valence-corrected chi connectivity index (χ4v) is 8.30. The number of carbonyl (C=O) groups excluding carboxylic acids is 2. The molecule has 1 aliphatic carbocycles. The van der Waals surface area contributed by atoms with Crippen LogP contribution in [-0.4, -0.2) is 71.2 Å². The molecule has 0 spiro atoms. The van der Waals surface area contributed by atoms with Crippen LogP contribution in [0.15, 0.2) is 84.0 Å². The number of nitrogens with zero attached hydrogens (tertiary/aromatic N) is 4. The third-order valence-corrected chi connectivity index (χ3v) is 11.5. The van der Waals surface area contributed by atoms with Crippen LogP contribution in [0.2, 0.25) is 0 Å². The zero-order chi connectivity index (χ0) is 43.0. The minimum atomic E-state index is -0.810. The van der Waals surface area contributed by atoms with Crippen molar-refractivity contribution < 1.29 is 19.1 Å². The predicted octanol–water partition coefficient (Wildman–Crippen LogP) is 7.03. The van der Waals surface area contributed by atoms with Gasteiger partial charge < -0.3 is 37.3 Å². The van der Waals surface area contributed by atoms with E-state index in [1.807, 2.05) is 48.7 Å². The summed E-state index contributed by atoms with van der Waals surface area (Å²) in [7, 11) is 0. The summed E-state index contributed by atoms with van der Waals surface area (Å²) in [6, 6.07) is 23.3. The van der Waals surface area contributed by atoms with Crippen LogP contribution in [0.3, 0.4) is 0 Å². The Kier molecular flexibility index (Phi) is 16.8. The smallest absolute Gasteiger partial charge is 0.258 e. The summed E-state index contributed by atoms with van der Waals surface area (Å²) in [4.78, 5) is 32.1. The first-order chi connectivity index (χ1) is 29.7. The maximum absolute atomic E-state index is 14.1. The number of nitrogens with one attached hydrogen (secondary N) is 2.